The van der Waals surface area contributed by atoms with Crippen molar-refractivity contribution in [2.75, 3.05) is 23.7 Å². The molecule has 182 valence electrons. The highest BCUT2D eigenvalue weighted by molar-refractivity contribution is 7.91. The van der Waals surface area contributed by atoms with Gasteiger partial charge >= 0.3 is 0 Å². The van der Waals surface area contributed by atoms with Crippen LogP contribution in [0.3, 0.4) is 0 Å². The molecule has 10 heteroatoms. The zero-order valence-corrected chi connectivity index (χ0v) is 20.6. The van der Waals surface area contributed by atoms with Gasteiger partial charge in [-0.2, -0.15) is 4.98 Å². The second-order valence-electron chi connectivity index (χ2n) is 9.37. The van der Waals surface area contributed by atoms with E-state index in [1.165, 1.54) is 12.1 Å². The molecule has 1 aliphatic carbocycles. The number of carbonyl (C=O) groups is 1. The van der Waals surface area contributed by atoms with E-state index >= 15 is 0 Å². The molecule has 1 spiro atoms. The Morgan fingerprint density at radius 3 is 2.59 bits per heavy atom. The van der Waals surface area contributed by atoms with Crippen LogP contribution in [0.25, 0.3) is 11.1 Å². The molecule has 3 heterocycles. The van der Waals surface area contributed by atoms with E-state index in [1.54, 1.807) is 13.0 Å². The van der Waals surface area contributed by atoms with Gasteiger partial charge in [0.15, 0.2) is 11.3 Å². The molecule has 0 bridgehead atoms. The highest BCUT2D eigenvalue weighted by Crippen LogP contribution is 2.45. The van der Waals surface area contributed by atoms with Crippen LogP contribution < -0.4 is 10.2 Å². The molecule has 2 aliphatic rings. The normalized spacial score (nSPS) is 19.1. The van der Waals surface area contributed by atoms with Gasteiger partial charge in [0.05, 0.1) is 5.75 Å². The molecule has 5 rings (SSSR count). The number of carbonyl (C=O) groups excluding carboxylic acids is 1. The number of anilines is 1. The number of piperidine rings is 1. The number of hydrogen-bond donors (Lipinski definition) is 1. The van der Waals surface area contributed by atoms with Crippen LogP contribution in [0.2, 0.25) is 5.02 Å². The molecular formula is C24H28ClN3O5S. The quantitative estimate of drug-likeness (QED) is 0.529. The van der Waals surface area contributed by atoms with E-state index in [9.17, 15) is 13.2 Å². The van der Waals surface area contributed by atoms with Gasteiger partial charge in [-0.15, -0.1) is 0 Å². The molecule has 8 nitrogen and oxygen atoms in total. The van der Waals surface area contributed by atoms with Gasteiger partial charge in [-0.1, -0.05) is 18.5 Å². The topological polar surface area (TPSA) is 106 Å². The van der Waals surface area contributed by atoms with Crippen molar-refractivity contribution in [1.82, 2.24) is 10.3 Å². The Morgan fingerprint density at radius 2 is 1.88 bits per heavy atom. The summed E-state index contributed by atoms with van der Waals surface area (Å²) < 4.78 is 35.1. The first-order chi connectivity index (χ1) is 16.3. The zero-order chi connectivity index (χ0) is 23.9. The van der Waals surface area contributed by atoms with E-state index in [-0.39, 0.29) is 34.0 Å². The number of hydrogen-bond acceptors (Lipinski definition) is 7. The molecule has 1 aromatic carbocycles. The van der Waals surface area contributed by atoms with Crippen molar-refractivity contribution in [3.8, 4) is 0 Å². The summed E-state index contributed by atoms with van der Waals surface area (Å²) >= 11 is 6.06. The second kappa shape index (κ2) is 8.92. The number of nitrogens with zero attached hydrogens (tertiary/aromatic N) is 2. The Labute approximate surface area is 203 Å². The van der Waals surface area contributed by atoms with Crippen molar-refractivity contribution >= 4 is 44.5 Å². The number of fused-ring (bicyclic) bond motifs is 1. The maximum atomic E-state index is 12.6. The van der Waals surface area contributed by atoms with Crippen molar-refractivity contribution in [2.24, 2.45) is 5.41 Å². The summed E-state index contributed by atoms with van der Waals surface area (Å²) in [4.78, 5) is 19.4. The summed E-state index contributed by atoms with van der Waals surface area (Å²) in [5, 5.41) is 3.51. The maximum Gasteiger partial charge on any atom is 0.298 e. The smallest absolute Gasteiger partial charge is 0.298 e. The van der Waals surface area contributed by atoms with Gasteiger partial charge in [0.1, 0.15) is 5.52 Å². The number of amides is 1. The molecule has 2 aromatic heterocycles. The van der Waals surface area contributed by atoms with Crippen LogP contribution in [0.15, 0.2) is 44.3 Å². The first kappa shape index (κ1) is 23.2. The van der Waals surface area contributed by atoms with Gasteiger partial charge < -0.3 is 19.1 Å². The number of aromatic nitrogens is 1. The largest absolute Gasteiger partial charge is 0.440 e. The van der Waals surface area contributed by atoms with Crippen molar-refractivity contribution in [3.63, 3.8) is 0 Å². The highest BCUT2D eigenvalue weighted by atomic mass is 35.5. The van der Waals surface area contributed by atoms with Gasteiger partial charge in [-0.05, 0) is 74.3 Å². The number of oxazole rings is 1. The lowest BCUT2D eigenvalue weighted by Crippen LogP contribution is -2.45. The Bertz CT molecular complexity index is 1300. The summed E-state index contributed by atoms with van der Waals surface area (Å²) in [7, 11) is -3.46. The number of halogens is 1. The number of sulfone groups is 1. The van der Waals surface area contributed by atoms with Gasteiger partial charge in [-0.25, -0.2) is 8.42 Å². The van der Waals surface area contributed by atoms with Crippen molar-refractivity contribution in [3.05, 3.63) is 41.1 Å². The fraction of sp³-hybridized carbons (Fsp3) is 0.500. The Morgan fingerprint density at radius 1 is 1.15 bits per heavy atom. The van der Waals surface area contributed by atoms with Crippen molar-refractivity contribution in [1.29, 1.82) is 0 Å². The van der Waals surface area contributed by atoms with Crippen LogP contribution in [0.4, 0.5) is 6.01 Å². The van der Waals surface area contributed by atoms with E-state index in [0.29, 0.717) is 11.0 Å². The Balaban J connectivity index is 1.14. The Hall–Kier alpha value is -2.52. The molecule has 0 radical (unpaired) electrons. The molecule has 1 N–H and O–H groups in total. The summed E-state index contributed by atoms with van der Waals surface area (Å²) in [6.07, 6.45) is 6.00. The molecule has 1 saturated heterocycles. The highest BCUT2D eigenvalue weighted by Gasteiger charge is 2.39. The summed E-state index contributed by atoms with van der Waals surface area (Å²) in [5.74, 6) is -0.380. The minimum atomic E-state index is -3.46. The fourth-order valence-electron chi connectivity index (χ4n) is 5.08. The predicted octanol–water partition coefficient (Wildman–Crippen LogP) is 4.83. The molecule has 34 heavy (non-hydrogen) atoms. The van der Waals surface area contributed by atoms with Crippen LogP contribution in [-0.4, -0.2) is 44.2 Å². The third kappa shape index (κ3) is 4.55. The van der Waals surface area contributed by atoms with Crippen molar-refractivity contribution in [2.45, 2.75) is 56.6 Å². The fourth-order valence-corrected chi connectivity index (χ4v) is 6.02. The predicted molar refractivity (Wildman–Crippen MR) is 129 cm³/mol. The third-order valence-corrected chi connectivity index (χ3v) is 9.13. The first-order valence-corrected chi connectivity index (χ1v) is 13.7. The maximum absolute atomic E-state index is 12.6. The average Bonchev–Trinajstić information content (AvgIpc) is 3.49. The lowest BCUT2D eigenvalue weighted by atomic mass is 9.67. The van der Waals surface area contributed by atoms with Gasteiger partial charge in [0.2, 0.25) is 14.9 Å². The number of furan rings is 1. The van der Waals surface area contributed by atoms with Crippen LogP contribution in [0, 0.1) is 5.41 Å². The molecular weight excluding hydrogens is 478 g/mol. The minimum Gasteiger partial charge on any atom is -0.440 e. The van der Waals surface area contributed by atoms with Gasteiger partial charge in [0.25, 0.3) is 11.9 Å². The van der Waals surface area contributed by atoms with Crippen LogP contribution in [0.1, 0.15) is 56.0 Å². The molecule has 1 saturated carbocycles. The minimum absolute atomic E-state index is 0.0419. The van der Waals surface area contributed by atoms with Crippen LogP contribution >= 0.6 is 11.6 Å². The zero-order valence-electron chi connectivity index (χ0n) is 19.0. The number of nitrogens with one attached hydrogen (secondary N) is 1. The molecule has 2 fully saturated rings. The van der Waals surface area contributed by atoms with E-state index in [2.05, 4.69) is 15.2 Å². The monoisotopic (exact) mass is 505 g/mol. The molecule has 1 amide bonds. The lowest BCUT2D eigenvalue weighted by molar-refractivity contribution is 0.0835. The lowest BCUT2D eigenvalue weighted by Gasteiger charge is -2.45. The summed E-state index contributed by atoms with van der Waals surface area (Å²) in [6.45, 7) is 3.32. The third-order valence-electron chi connectivity index (χ3n) is 7.31. The van der Waals surface area contributed by atoms with Crippen molar-refractivity contribution < 1.29 is 22.0 Å². The Kier molecular flexibility index (Phi) is 6.10. The van der Waals surface area contributed by atoms with E-state index in [0.717, 1.165) is 62.7 Å². The molecule has 3 aromatic rings. The molecule has 1 aliphatic heterocycles. The van der Waals surface area contributed by atoms with E-state index in [4.69, 9.17) is 20.4 Å². The molecule has 0 atom stereocenters. The van der Waals surface area contributed by atoms with Gasteiger partial charge in [-0.3, -0.25) is 4.79 Å². The summed E-state index contributed by atoms with van der Waals surface area (Å²) in [5.41, 5.74) is 1.79. The van der Waals surface area contributed by atoms with E-state index < -0.39 is 9.84 Å². The van der Waals surface area contributed by atoms with Gasteiger partial charge in [0, 0.05) is 24.2 Å². The SMILES string of the molecule is CCS(=O)(=O)c1ccc(C(=O)NC2CCC3(CC2)CCN(c2nc4cc(Cl)ccc4o2)CC3)o1. The number of rotatable bonds is 5. The second-order valence-corrected chi connectivity index (χ2v) is 12.0. The van der Waals surface area contributed by atoms with E-state index in [1.807, 2.05) is 12.1 Å². The number of benzene rings is 1. The average molecular weight is 506 g/mol. The summed E-state index contributed by atoms with van der Waals surface area (Å²) in [6, 6.07) is 8.96. The standard InChI is InChI=1S/C24H28ClN3O5S/c1-2-34(30,31)21-6-5-20(32-21)22(29)26-17-7-9-24(10-8-17)11-13-28(14-12-24)23-27-18-15-16(25)3-4-19(18)33-23/h3-6,15,17H,2,7-14H2,1H3,(H,26,29). The van der Waals surface area contributed by atoms with Crippen LogP contribution in [-0.2, 0) is 9.84 Å². The molecule has 0 unspecified atom stereocenters. The van der Waals surface area contributed by atoms with Crippen LogP contribution in [0.5, 0.6) is 0 Å². The first-order valence-electron chi connectivity index (χ1n) is 11.7.